The van der Waals surface area contributed by atoms with Crippen LogP contribution in [0.5, 0.6) is 0 Å². The Balaban J connectivity index is 1.41. The molecule has 0 atom stereocenters. The molecule has 0 radical (unpaired) electrons. The van der Waals surface area contributed by atoms with Gasteiger partial charge in [-0.1, -0.05) is 31.4 Å². The molecule has 2 N–H and O–H groups in total. The highest BCUT2D eigenvalue weighted by molar-refractivity contribution is 7.92. The van der Waals surface area contributed by atoms with E-state index in [1.165, 1.54) is 37.7 Å². The molecule has 0 bridgehead atoms. The first kappa shape index (κ1) is 19.0. The molecule has 2 aliphatic carbocycles. The van der Waals surface area contributed by atoms with Gasteiger partial charge in [0.25, 0.3) is 10.0 Å². The number of carbonyl (C=O) groups excluding carboxylic acids is 1. The maximum Gasteiger partial charge on any atom is 0.261 e. The van der Waals surface area contributed by atoms with Gasteiger partial charge < -0.3 is 5.32 Å². The van der Waals surface area contributed by atoms with Crippen LogP contribution in [0.4, 0.5) is 11.4 Å². The van der Waals surface area contributed by atoms with E-state index in [9.17, 15) is 13.2 Å². The molecule has 2 aromatic carbocycles. The second-order valence-electron chi connectivity index (χ2n) is 7.85. The first-order chi connectivity index (χ1) is 13.5. The Morgan fingerprint density at radius 3 is 2.00 bits per heavy atom. The smallest absolute Gasteiger partial charge is 0.261 e. The monoisotopic (exact) mass is 398 g/mol. The third kappa shape index (κ3) is 4.55. The van der Waals surface area contributed by atoms with Crippen molar-refractivity contribution in [2.24, 2.45) is 5.92 Å². The lowest BCUT2D eigenvalue weighted by Crippen LogP contribution is -2.14. The highest BCUT2D eigenvalue weighted by Gasteiger charge is 2.29. The molecule has 2 aliphatic rings. The number of sulfonamides is 1. The van der Waals surface area contributed by atoms with Crippen LogP contribution < -0.4 is 10.0 Å². The SMILES string of the molecule is O=C(Nc1ccc(NS(=O)(=O)c2ccc(C3CCCCC3)cc2)cc1)C1CC1. The summed E-state index contributed by atoms with van der Waals surface area (Å²) in [6.45, 7) is 0. The topological polar surface area (TPSA) is 75.3 Å². The van der Waals surface area contributed by atoms with Crippen molar-refractivity contribution in [2.75, 3.05) is 10.0 Å². The molecular formula is C22H26N2O3S. The summed E-state index contributed by atoms with van der Waals surface area (Å²) in [6.07, 6.45) is 8.08. The molecule has 2 aromatic rings. The quantitative estimate of drug-likeness (QED) is 0.728. The van der Waals surface area contributed by atoms with Crippen molar-refractivity contribution in [1.29, 1.82) is 0 Å². The van der Waals surface area contributed by atoms with Crippen LogP contribution in [0.2, 0.25) is 0 Å². The van der Waals surface area contributed by atoms with Crippen molar-refractivity contribution in [3.63, 3.8) is 0 Å². The molecule has 2 fully saturated rings. The van der Waals surface area contributed by atoms with Crippen LogP contribution in [-0.2, 0) is 14.8 Å². The maximum absolute atomic E-state index is 12.7. The molecule has 0 heterocycles. The lowest BCUT2D eigenvalue weighted by Gasteiger charge is -2.22. The van der Waals surface area contributed by atoms with Crippen molar-refractivity contribution < 1.29 is 13.2 Å². The molecule has 2 saturated carbocycles. The average Bonchev–Trinajstić information content (AvgIpc) is 3.56. The van der Waals surface area contributed by atoms with E-state index in [1.807, 2.05) is 12.1 Å². The second kappa shape index (κ2) is 7.95. The van der Waals surface area contributed by atoms with Crippen LogP contribution in [0.3, 0.4) is 0 Å². The maximum atomic E-state index is 12.7. The molecule has 6 heteroatoms. The zero-order valence-electron chi connectivity index (χ0n) is 15.9. The van der Waals surface area contributed by atoms with Crippen LogP contribution in [0.15, 0.2) is 53.4 Å². The number of nitrogens with one attached hydrogen (secondary N) is 2. The van der Waals surface area contributed by atoms with Crippen LogP contribution >= 0.6 is 0 Å². The normalized spacial score (nSPS) is 17.9. The molecular weight excluding hydrogens is 372 g/mol. The number of hydrogen-bond acceptors (Lipinski definition) is 3. The van der Waals surface area contributed by atoms with E-state index in [0.29, 0.717) is 17.3 Å². The molecule has 0 aromatic heterocycles. The van der Waals surface area contributed by atoms with Gasteiger partial charge in [0, 0.05) is 17.3 Å². The lowest BCUT2D eigenvalue weighted by atomic mass is 9.84. The molecule has 5 nitrogen and oxygen atoms in total. The summed E-state index contributed by atoms with van der Waals surface area (Å²) in [5.41, 5.74) is 2.38. The Morgan fingerprint density at radius 2 is 1.39 bits per heavy atom. The van der Waals surface area contributed by atoms with Crippen LogP contribution in [0.1, 0.15) is 56.4 Å². The van der Waals surface area contributed by atoms with Crippen molar-refractivity contribution in [1.82, 2.24) is 0 Å². The fraction of sp³-hybridized carbons (Fsp3) is 0.409. The van der Waals surface area contributed by atoms with Crippen molar-refractivity contribution in [3.05, 3.63) is 54.1 Å². The minimum absolute atomic E-state index is 0.0337. The predicted octanol–water partition coefficient (Wildman–Crippen LogP) is 4.88. The zero-order chi connectivity index (χ0) is 19.6. The molecule has 148 valence electrons. The summed E-state index contributed by atoms with van der Waals surface area (Å²) in [5, 5.41) is 2.85. The Kier molecular flexibility index (Phi) is 5.40. The van der Waals surface area contributed by atoms with Gasteiger partial charge in [0.2, 0.25) is 5.91 Å². The minimum Gasteiger partial charge on any atom is -0.326 e. The van der Waals surface area contributed by atoms with Gasteiger partial charge in [-0.05, 0) is 73.6 Å². The standard InChI is InChI=1S/C22H26N2O3S/c25-22(18-6-7-18)23-19-10-12-20(13-11-19)24-28(26,27)21-14-8-17(9-15-21)16-4-2-1-3-5-16/h8-16,18,24H,1-7H2,(H,23,25). The first-order valence-electron chi connectivity index (χ1n) is 10.0. The summed E-state index contributed by atoms with van der Waals surface area (Å²) in [5.74, 6) is 0.720. The van der Waals surface area contributed by atoms with Gasteiger partial charge in [0.1, 0.15) is 0 Å². The molecule has 0 aliphatic heterocycles. The van der Waals surface area contributed by atoms with Crippen molar-refractivity contribution in [2.45, 2.75) is 55.8 Å². The predicted molar refractivity (Wildman–Crippen MR) is 111 cm³/mol. The summed E-state index contributed by atoms with van der Waals surface area (Å²) in [7, 11) is -3.64. The highest BCUT2D eigenvalue weighted by Crippen LogP contribution is 2.33. The van der Waals surface area contributed by atoms with E-state index in [0.717, 1.165) is 12.8 Å². The Labute approximate surface area is 166 Å². The summed E-state index contributed by atoms with van der Waals surface area (Å²) < 4.78 is 27.9. The third-order valence-corrected chi connectivity index (χ3v) is 7.02. The van der Waals surface area contributed by atoms with Gasteiger partial charge in [-0.25, -0.2) is 8.42 Å². The highest BCUT2D eigenvalue weighted by atomic mass is 32.2. The van der Waals surface area contributed by atoms with Crippen LogP contribution in [0.25, 0.3) is 0 Å². The van der Waals surface area contributed by atoms with Gasteiger partial charge in [0.15, 0.2) is 0 Å². The minimum atomic E-state index is -3.64. The molecule has 0 saturated heterocycles. The van der Waals surface area contributed by atoms with E-state index in [4.69, 9.17) is 0 Å². The van der Waals surface area contributed by atoms with E-state index < -0.39 is 10.0 Å². The molecule has 1 amide bonds. The molecule has 0 unspecified atom stereocenters. The van der Waals surface area contributed by atoms with Gasteiger partial charge in [-0.15, -0.1) is 0 Å². The number of carbonyl (C=O) groups is 1. The number of rotatable bonds is 6. The van der Waals surface area contributed by atoms with E-state index in [-0.39, 0.29) is 16.7 Å². The Hall–Kier alpha value is -2.34. The lowest BCUT2D eigenvalue weighted by molar-refractivity contribution is -0.117. The van der Waals surface area contributed by atoms with E-state index in [1.54, 1.807) is 36.4 Å². The molecule has 4 rings (SSSR count). The average molecular weight is 399 g/mol. The fourth-order valence-corrected chi connectivity index (χ4v) is 4.84. The van der Waals surface area contributed by atoms with Gasteiger partial charge in [-0.2, -0.15) is 0 Å². The number of anilines is 2. The van der Waals surface area contributed by atoms with Gasteiger partial charge >= 0.3 is 0 Å². The van der Waals surface area contributed by atoms with Crippen LogP contribution in [0, 0.1) is 5.92 Å². The fourth-order valence-electron chi connectivity index (χ4n) is 3.78. The molecule has 28 heavy (non-hydrogen) atoms. The summed E-state index contributed by atoms with van der Waals surface area (Å²) in [6, 6.07) is 14.0. The zero-order valence-corrected chi connectivity index (χ0v) is 16.7. The van der Waals surface area contributed by atoms with E-state index in [2.05, 4.69) is 10.0 Å². The number of amides is 1. The van der Waals surface area contributed by atoms with Gasteiger partial charge in [0.05, 0.1) is 4.90 Å². The largest absolute Gasteiger partial charge is 0.326 e. The number of hydrogen-bond donors (Lipinski definition) is 2. The third-order valence-electron chi connectivity index (χ3n) is 5.62. The Bertz CT molecular complexity index is 927. The van der Waals surface area contributed by atoms with Crippen LogP contribution in [-0.4, -0.2) is 14.3 Å². The van der Waals surface area contributed by atoms with Crippen molar-refractivity contribution in [3.8, 4) is 0 Å². The number of benzene rings is 2. The van der Waals surface area contributed by atoms with E-state index >= 15 is 0 Å². The van der Waals surface area contributed by atoms with Gasteiger partial charge in [-0.3, -0.25) is 9.52 Å². The first-order valence-corrected chi connectivity index (χ1v) is 11.5. The Morgan fingerprint density at radius 1 is 0.786 bits per heavy atom. The summed E-state index contributed by atoms with van der Waals surface area (Å²) in [4.78, 5) is 12.1. The molecule has 0 spiro atoms. The van der Waals surface area contributed by atoms with Crippen molar-refractivity contribution >= 4 is 27.3 Å². The summed E-state index contributed by atoms with van der Waals surface area (Å²) >= 11 is 0. The second-order valence-corrected chi connectivity index (χ2v) is 9.53.